The van der Waals surface area contributed by atoms with Gasteiger partial charge in [0.1, 0.15) is 12.4 Å². The maximum absolute atomic E-state index is 5.50. The van der Waals surface area contributed by atoms with Crippen LogP contribution in [0.5, 0.6) is 5.75 Å². The molecule has 0 aromatic carbocycles. The van der Waals surface area contributed by atoms with Gasteiger partial charge in [0.15, 0.2) is 0 Å². The van der Waals surface area contributed by atoms with Crippen LogP contribution in [0.4, 0.5) is 0 Å². The Labute approximate surface area is 80.8 Å². The number of thiophene rings is 1. The third-order valence-corrected chi connectivity index (χ3v) is 2.45. The molecule has 2 aromatic rings. The zero-order chi connectivity index (χ0) is 8.93. The highest BCUT2D eigenvalue weighted by Gasteiger charge is 1.94. The molecule has 66 valence electrons. The molecule has 0 N–H and O–H groups in total. The van der Waals surface area contributed by atoms with Gasteiger partial charge in [0.05, 0.1) is 6.20 Å². The number of hydrogen-bond acceptors (Lipinski definition) is 3. The van der Waals surface area contributed by atoms with E-state index in [-0.39, 0.29) is 0 Å². The van der Waals surface area contributed by atoms with E-state index in [1.54, 1.807) is 23.7 Å². The van der Waals surface area contributed by atoms with Crippen molar-refractivity contribution in [2.75, 3.05) is 0 Å². The van der Waals surface area contributed by atoms with Crippen LogP contribution in [0.1, 0.15) is 4.88 Å². The largest absolute Gasteiger partial charge is 0.486 e. The van der Waals surface area contributed by atoms with Gasteiger partial charge in [-0.15, -0.1) is 11.3 Å². The molecule has 0 spiro atoms. The number of pyridine rings is 1. The lowest BCUT2D eigenvalue weighted by Gasteiger charge is -2.02. The summed E-state index contributed by atoms with van der Waals surface area (Å²) in [7, 11) is 0. The lowest BCUT2D eigenvalue weighted by atomic mass is 10.4. The van der Waals surface area contributed by atoms with E-state index in [0.29, 0.717) is 6.61 Å². The van der Waals surface area contributed by atoms with Crippen molar-refractivity contribution in [3.05, 3.63) is 46.9 Å². The van der Waals surface area contributed by atoms with Gasteiger partial charge in [-0.05, 0) is 23.6 Å². The van der Waals surface area contributed by atoms with Crippen molar-refractivity contribution < 1.29 is 4.74 Å². The molecular weight excluding hydrogens is 182 g/mol. The maximum Gasteiger partial charge on any atom is 0.138 e. The molecule has 0 saturated carbocycles. The molecule has 3 heteroatoms. The Bertz CT molecular complexity index is 344. The first-order valence-corrected chi connectivity index (χ1v) is 4.88. The van der Waals surface area contributed by atoms with Crippen LogP contribution in [-0.4, -0.2) is 4.98 Å². The third-order valence-electron chi connectivity index (χ3n) is 1.60. The molecule has 0 saturated heterocycles. The summed E-state index contributed by atoms with van der Waals surface area (Å²) in [4.78, 5) is 5.19. The molecule has 0 aliphatic heterocycles. The number of aromatic nitrogens is 1. The van der Waals surface area contributed by atoms with E-state index in [0.717, 1.165) is 5.75 Å². The van der Waals surface area contributed by atoms with Crippen molar-refractivity contribution in [2.45, 2.75) is 6.61 Å². The third kappa shape index (κ3) is 2.29. The molecule has 0 aliphatic rings. The van der Waals surface area contributed by atoms with E-state index in [1.165, 1.54) is 4.88 Å². The summed E-state index contributed by atoms with van der Waals surface area (Å²) in [5.74, 6) is 0.816. The Morgan fingerprint density at radius 1 is 1.31 bits per heavy atom. The van der Waals surface area contributed by atoms with Gasteiger partial charge in [0.25, 0.3) is 0 Å². The van der Waals surface area contributed by atoms with E-state index in [1.807, 2.05) is 23.6 Å². The molecule has 0 radical (unpaired) electrons. The van der Waals surface area contributed by atoms with Crippen molar-refractivity contribution in [3.8, 4) is 5.75 Å². The zero-order valence-corrected chi connectivity index (χ0v) is 7.83. The summed E-state index contributed by atoms with van der Waals surface area (Å²) in [5, 5.41) is 2.04. The van der Waals surface area contributed by atoms with Crippen LogP contribution in [0.2, 0.25) is 0 Å². The van der Waals surface area contributed by atoms with Crippen LogP contribution in [0.15, 0.2) is 42.0 Å². The predicted octanol–water partition coefficient (Wildman–Crippen LogP) is 2.72. The minimum Gasteiger partial charge on any atom is -0.486 e. The highest BCUT2D eigenvalue weighted by atomic mass is 32.1. The van der Waals surface area contributed by atoms with Gasteiger partial charge < -0.3 is 4.74 Å². The SMILES string of the molecule is c1cncc(OCc2cccs2)c1. The molecule has 0 bridgehead atoms. The normalized spacial score (nSPS) is 9.85. The van der Waals surface area contributed by atoms with Crippen molar-refractivity contribution in [3.63, 3.8) is 0 Å². The van der Waals surface area contributed by atoms with Crippen molar-refractivity contribution in [1.82, 2.24) is 4.98 Å². The fourth-order valence-electron chi connectivity index (χ4n) is 0.982. The average Bonchev–Trinajstić information content (AvgIpc) is 2.69. The monoisotopic (exact) mass is 191 g/mol. The van der Waals surface area contributed by atoms with Crippen LogP contribution in [0.25, 0.3) is 0 Å². The summed E-state index contributed by atoms with van der Waals surface area (Å²) in [5.41, 5.74) is 0. The summed E-state index contributed by atoms with van der Waals surface area (Å²) in [6.45, 7) is 0.628. The smallest absolute Gasteiger partial charge is 0.138 e. The van der Waals surface area contributed by atoms with E-state index < -0.39 is 0 Å². The second-order valence-corrected chi connectivity index (χ2v) is 3.59. The van der Waals surface area contributed by atoms with Crippen LogP contribution in [-0.2, 0) is 6.61 Å². The van der Waals surface area contributed by atoms with Gasteiger partial charge >= 0.3 is 0 Å². The Morgan fingerprint density at radius 2 is 2.31 bits per heavy atom. The first kappa shape index (κ1) is 8.26. The molecule has 13 heavy (non-hydrogen) atoms. The van der Waals surface area contributed by atoms with Crippen LogP contribution in [0.3, 0.4) is 0 Å². The Kier molecular flexibility index (Phi) is 2.57. The Balaban J connectivity index is 1.94. The van der Waals surface area contributed by atoms with E-state index in [4.69, 9.17) is 4.74 Å². The van der Waals surface area contributed by atoms with Gasteiger partial charge in [-0.25, -0.2) is 0 Å². The van der Waals surface area contributed by atoms with E-state index >= 15 is 0 Å². The van der Waals surface area contributed by atoms with Gasteiger partial charge in [-0.1, -0.05) is 6.07 Å². The van der Waals surface area contributed by atoms with Gasteiger partial charge in [-0.3, -0.25) is 4.98 Å². The molecule has 0 atom stereocenters. The first-order chi connectivity index (χ1) is 6.45. The van der Waals surface area contributed by atoms with Crippen LogP contribution in [0, 0.1) is 0 Å². The molecule has 2 nitrogen and oxygen atoms in total. The van der Waals surface area contributed by atoms with Crippen LogP contribution < -0.4 is 4.74 Å². The fraction of sp³-hybridized carbons (Fsp3) is 0.100. The molecule has 2 heterocycles. The fourth-order valence-corrected chi connectivity index (χ4v) is 1.60. The number of nitrogens with zero attached hydrogens (tertiary/aromatic N) is 1. The number of rotatable bonds is 3. The highest BCUT2D eigenvalue weighted by Crippen LogP contribution is 2.13. The lowest BCUT2D eigenvalue weighted by molar-refractivity contribution is 0.308. The molecule has 0 fully saturated rings. The minimum atomic E-state index is 0.628. The summed E-state index contributed by atoms with van der Waals surface area (Å²) in [6, 6.07) is 7.85. The number of ether oxygens (including phenoxy) is 1. The van der Waals surface area contributed by atoms with Gasteiger partial charge in [-0.2, -0.15) is 0 Å². The Morgan fingerprint density at radius 3 is 3.00 bits per heavy atom. The van der Waals surface area contributed by atoms with Gasteiger partial charge in [0, 0.05) is 11.1 Å². The topological polar surface area (TPSA) is 22.1 Å². The molecule has 0 unspecified atom stereocenters. The van der Waals surface area contributed by atoms with E-state index in [9.17, 15) is 0 Å². The highest BCUT2D eigenvalue weighted by molar-refractivity contribution is 7.09. The second kappa shape index (κ2) is 4.05. The molecule has 2 rings (SSSR count). The first-order valence-electron chi connectivity index (χ1n) is 4.00. The average molecular weight is 191 g/mol. The minimum absolute atomic E-state index is 0.628. The lowest BCUT2D eigenvalue weighted by Crippen LogP contribution is -1.92. The maximum atomic E-state index is 5.50. The Hall–Kier alpha value is -1.35. The van der Waals surface area contributed by atoms with Crippen molar-refractivity contribution in [2.24, 2.45) is 0 Å². The van der Waals surface area contributed by atoms with Crippen LogP contribution >= 0.6 is 11.3 Å². The molecule has 2 aromatic heterocycles. The molecule has 0 aliphatic carbocycles. The standard InChI is InChI=1S/C10H9NOS/c1-3-9(7-11-5-1)12-8-10-4-2-6-13-10/h1-7H,8H2. The predicted molar refractivity (Wildman–Crippen MR) is 52.9 cm³/mol. The number of hydrogen-bond donors (Lipinski definition) is 0. The summed E-state index contributed by atoms with van der Waals surface area (Å²) >= 11 is 1.70. The zero-order valence-electron chi connectivity index (χ0n) is 7.01. The summed E-state index contributed by atoms with van der Waals surface area (Å²) in [6.07, 6.45) is 3.45. The summed E-state index contributed by atoms with van der Waals surface area (Å²) < 4.78 is 5.50. The van der Waals surface area contributed by atoms with Crippen molar-refractivity contribution in [1.29, 1.82) is 0 Å². The van der Waals surface area contributed by atoms with E-state index in [2.05, 4.69) is 11.1 Å². The quantitative estimate of drug-likeness (QED) is 0.744. The molecule has 0 amide bonds. The van der Waals surface area contributed by atoms with Crippen molar-refractivity contribution >= 4 is 11.3 Å². The van der Waals surface area contributed by atoms with Gasteiger partial charge in [0.2, 0.25) is 0 Å². The second-order valence-electron chi connectivity index (χ2n) is 2.56. The molecular formula is C10H9NOS.